The number of nitrogens with zero attached hydrogens (tertiary/aromatic N) is 1. The number of nitrogens with one attached hydrogen (secondary N) is 1. The van der Waals surface area contributed by atoms with Gasteiger partial charge in [-0.05, 0) is 30.4 Å². The van der Waals surface area contributed by atoms with Crippen molar-refractivity contribution < 1.29 is 9.53 Å². The van der Waals surface area contributed by atoms with E-state index in [1.165, 1.54) is 11.1 Å². The standard InChI is InChI=1S/C21H22N2O2/c1-13-10-14-11-22-12-19(14)23(13)21(24)25-20-17-8-4-2-6-15(17)16-7-3-5-9-18(16)20/h2-9,13-14,19-20,22H,10-12H2,1H3. The second-order valence-electron chi connectivity index (χ2n) is 7.42. The first-order valence-electron chi connectivity index (χ1n) is 9.12. The number of benzene rings is 2. The van der Waals surface area contributed by atoms with E-state index < -0.39 is 0 Å². The summed E-state index contributed by atoms with van der Waals surface area (Å²) in [5, 5.41) is 3.41. The van der Waals surface area contributed by atoms with Crippen LogP contribution in [0.2, 0.25) is 0 Å². The zero-order valence-electron chi connectivity index (χ0n) is 14.3. The Labute approximate surface area is 147 Å². The van der Waals surface area contributed by atoms with Gasteiger partial charge in [-0.1, -0.05) is 48.5 Å². The average molecular weight is 334 g/mol. The van der Waals surface area contributed by atoms with Gasteiger partial charge in [0.15, 0.2) is 6.10 Å². The van der Waals surface area contributed by atoms with E-state index >= 15 is 0 Å². The van der Waals surface area contributed by atoms with Crippen LogP contribution < -0.4 is 5.32 Å². The molecule has 3 unspecified atom stereocenters. The molecule has 2 fully saturated rings. The maximum atomic E-state index is 13.0. The number of carbonyl (C=O) groups is 1. The van der Waals surface area contributed by atoms with Crippen molar-refractivity contribution in [3.63, 3.8) is 0 Å². The van der Waals surface area contributed by atoms with Gasteiger partial charge < -0.3 is 15.0 Å². The summed E-state index contributed by atoms with van der Waals surface area (Å²) >= 11 is 0. The molecule has 4 nitrogen and oxygen atoms in total. The SMILES string of the molecule is CC1CC2CNCC2N1C(=O)OC1c2ccccc2-c2ccccc21. The fourth-order valence-corrected chi connectivity index (χ4v) is 4.88. The van der Waals surface area contributed by atoms with E-state index in [4.69, 9.17) is 4.74 Å². The average Bonchev–Trinajstić information content (AvgIpc) is 3.27. The number of rotatable bonds is 1. The van der Waals surface area contributed by atoms with Gasteiger partial charge in [-0.15, -0.1) is 0 Å². The summed E-state index contributed by atoms with van der Waals surface area (Å²) in [6.07, 6.45) is 0.575. The molecule has 5 rings (SSSR count). The smallest absolute Gasteiger partial charge is 0.411 e. The van der Waals surface area contributed by atoms with E-state index in [2.05, 4.69) is 36.5 Å². The van der Waals surface area contributed by atoms with Gasteiger partial charge in [0, 0.05) is 30.3 Å². The molecule has 3 aliphatic rings. The largest absolute Gasteiger partial charge is 0.436 e. The maximum Gasteiger partial charge on any atom is 0.411 e. The van der Waals surface area contributed by atoms with Crippen molar-refractivity contribution in [2.24, 2.45) is 5.92 Å². The molecule has 2 aliphatic heterocycles. The molecular formula is C21H22N2O2. The van der Waals surface area contributed by atoms with Crippen molar-refractivity contribution in [3.05, 3.63) is 59.7 Å². The third-order valence-corrected chi connectivity index (χ3v) is 5.99. The molecule has 3 atom stereocenters. The Morgan fingerprint density at radius 1 is 1.04 bits per heavy atom. The van der Waals surface area contributed by atoms with E-state index in [0.29, 0.717) is 5.92 Å². The van der Waals surface area contributed by atoms with Crippen molar-refractivity contribution in [2.45, 2.75) is 31.5 Å². The Balaban J connectivity index is 1.47. The molecule has 2 saturated heterocycles. The highest BCUT2D eigenvalue weighted by Gasteiger charge is 2.46. The summed E-state index contributed by atoms with van der Waals surface area (Å²) in [4.78, 5) is 15.0. The number of ether oxygens (including phenoxy) is 1. The monoisotopic (exact) mass is 334 g/mol. The van der Waals surface area contributed by atoms with Crippen LogP contribution in [0.25, 0.3) is 11.1 Å². The van der Waals surface area contributed by atoms with Gasteiger partial charge in [0.1, 0.15) is 0 Å². The molecule has 2 heterocycles. The molecule has 2 aromatic carbocycles. The molecule has 4 heteroatoms. The maximum absolute atomic E-state index is 13.0. The highest BCUT2D eigenvalue weighted by molar-refractivity contribution is 5.80. The van der Waals surface area contributed by atoms with Crippen molar-refractivity contribution >= 4 is 6.09 Å². The number of amides is 1. The first-order chi connectivity index (χ1) is 12.2. The van der Waals surface area contributed by atoms with Crippen LogP contribution in [0.15, 0.2) is 48.5 Å². The lowest BCUT2D eigenvalue weighted by molar-refractivity contribution is 0.0655. The minimum Gasteiger partial charge on any atom is -0.436 e. The molecule has 0 aromatic heterocycles. The molecule has 0 bridgehead atoms. The minimum absolute atomic E-state index is 0.180. The summed E-state index contributed by atoms with van der Waals surface area (Å²) in [5.41, 5.74) is 4.52. The molecule has 1 N–H and O–H groups in total. The molecule has 2 aromatic rings. The lowest BCUT2D eigenvalue weighted by Gasteiger charge is -2.28. The highest BCUT2D eigenvalue weighted by Crippen LogP contribution is 2.45. The van der Waals surface area contributed by atoms with Crippen molar-refractivity contribution in [1.29, 1.82) is 0 Å². The van der Waals surface area contributed by atoms with Gasteiger partial charge in [-0.3, -0.25) is 0 Å². The van der Waals surface area contributed by atoms with Crippen LogP contribution in [0.3, 0.4) is 0 Å². The predicted molar refractivity (Wildman–Crippen MR) is 96.3 cm³/mol. The van der Waals surface area contributed by atoms with E-state index in [0.717, 1.165) is 30.6 Å². The predicted octanol–water partition coefficient (Wildman–Crippen LogP) is 3.58. The Hall–Kier alpha value is -2.33. The third kappa shape index (κ3) is 2.20. The van der Waals surface area contributed by atoms with Crippen LogP contribution in [-0.2, 0) is 4.74 Å². The number of likely N-dealkylation sites (tertiary alicyclic amines) is 1. The summed E-state index contributed by atoms with van der Waals surface area (Å²) in [5.74, 6) is 0.561. The normalized spacial score (nSPS) is 27.1. The molecule has 128 valence electrons. The fraction of sp³-hybridized carbons (Fsp3) is 0.381. The quantitative estimate of drug-likeness (QED) is 0.867. The van der Waals surface area contributed by atoms with Gasteiger partial charge in [0.25, 0.3) is 0 Å². The van der Waals surface area contributed by atoms with Crippen LogP contribution in [0.4, 0.5) is 4.79 Å². The second kappa shape index (κ2) is 5.60. The minimum atomic E-state index is -0.305. The Morgan fingerprint density at radius 2 is 1.68 bits per heavy atom. The van der Waals surface area contributed by atoms with Crippen molar-refractivity contribution in [3.8, 4) is 11.1 Å². The molecule has 0 saturated carbocycles. The Bertz CT molecular complexity index is 789. The lowest BCUT2D eigenvalue weighted by atomic mass is 10.0. The zero-order valence-corrected chi connectivity index (χ0v) is 14.3. The molecule has 1 aliphatic carbocycles. The number of hydrogen-bond acceptors (Lipinski definition) is 3. The zero-order chi connectivity index (χ0) is 17.0. The second-order valence-corrected chi connectivity index (χ2v) is 7.42. The van der Waals surface area contributed by atoms with Crippen LogP contribution in [0.1, 0.15) is 30.6 Å². The summed E-state index contributed by atoms with van der Waals surface area (Å²) in [6.45, 7) is 4.02. The van der Waals surface area contributed by atoms with Crippen LogP contribution in [0.5, 0.6) is 0 Å². The van der Waals surface area contributed by atoms with E-state index in [9.17, 15) is 4.79 Å². The number of fused-ring (bicyclic) bond motifs is 4. The third-order valence-electron chi connectivity index (χ3n) is 5.99. The van der Waals surface area contributed by atoms with Gasteiger partial charge in [-0.25, -0.2) is 4.79 Å². The van der Waals surface area contributed by atoms with Crippen molar-refractivity contribution in [1.82, 2.24) is 10.2 Å². The van der Waals surface area contributed by atoms with Gasteiger partial charge in [0.2, 0.25) is 0 Å². The summed E-state index contributed by atoms with van der Waals surface area (Å²) < 4.78 is 6.09. The summed E-state index contributed by atoms with van der Waals surface area (Å²) in [6, 6.07) is 17.0. The summed E-state index contributed by atoms with van der Waals surface area (Å²) in [7, 11) is 0. The van der Waals surface area contributed by atoms with E-state index in [1.807, 2.05) is 29.2 Å². The number of hydrogen-bond donors (Lipinski definition) is 1. The highest BCUT2D eigenvalue weighted by atomic mass is 16.6. The Kier molecular flexibility index (Phi) is 3.35. The van der Waals surface area contributed by atoms with E-state index in [1.54, 1.807) is 0 Å². The van der Waals surface area contributed by atoms with Gasteiger partial charge in [0.05, 0.1) is 6.04 Å². The lowest BCUT2D eigenvalue weighted by Crippen LogP contribution is -2.43. The van der Waals surface area contributed by atoms with Crippen LogP contribution >= 0.6 is 0 Å². The van der Waals surface area contributed by atoms with Crippen LogP contribution in [0, 0.1) is 5.92 Å². The van der Waals surface area contributed by atoms with Crippen molar-refractivity contribution in [2.75, 3.05) is 13.1 Å². The molecular weight excluding hydrogens is 312 g/mol. The van der Waals surface area contributed by atoms with E-state index in [-0.39, 0.29) is 24.3 Å². The van der Waals surface area contributed by atoms with Gasteiger partial charge in [-0.2, -0.15) is 0 Å². The first kappa shape index (κ1) is 15.0. The molecule has 0 radical (unpaired) electrons. The number of carbonyl (C=O) groups excluding carboxylic acids is 1. The molecule has 25 heavy (non-hydrogen) atoms. The molecule has 0 spiro atoms. The topological polar surface area (TPSA) is 41.6 Å². The fourth-order valence-electron chi connectivity index (χ4n) is 4.88. The molecule has 1 amide bonds. The Morgan fingerprint density at radius 3 is 2.36 bits per heavy atom. The van der Waals surface area contributed by atoms with Crippen LogP contribution in [-0.4, -0.2) is 36.2 Å². The first-order valence-corrected chi connectivity index (χ1v) is 9.12. The van der Waals surface area contributed by atoms with Gasteiger partial charge >= 0.3 is 6.09 Å².